The predicted molar refractivity (Wildman–Crippen MR) is 78.7 cm³/mol. The number of benzene rings is 1. The molecule has 6 heteroatoms. The van der Waals surface area contributed by atoms with Crippen molar-refractivity contribution >= 4 is 37.8 Å². The molecule has 0 aliphatic carbocycles. The smallest absolute Gasteiger partial charge is 0.251 e. The van der Waals surface area contributed by atoms with Gasteiger partial charge in [0.1, 0.15) is 0 Å². The summed E-state index contributed by atoms with van der Waals surface area (Å²) in [4.78, 5) is 11.8. The summed E-state index contributed by atoms with van der Waals surface area (Å²) in [5.41, 5.74) is 0.603. The van der Waals surface area contributed by atoms with Crippen molar-refractivity contribution in [2.45, 2.75) is 13.0 Å². The van der Waals surface area contributed by atoms with E-state index < -0.39 is 0 Å². The molecular formula is C12H16Br2N2O2. The fraction of sp³-hybridized carbons (Fsp3) is 0.417. The molecule has 1 aromatic rings. The van der Waals surface area contributed by atoms with Crippen LogP contribution < -0.4 is 10.6 Å². The lowest BCUT2D eigenvalue weighted by Gasteiger charge is -2.08. The summed E-state index contributed by atoms with van der Waals surface area (Å²) in [5.74, 6) is -0.115. The highest BCUT2D eigenvalue weighted by atomic mass is 79.9. The molecule has 0 saturated heterocycles. The zero-order valence-electron chi connectivity index (χ0n) is 10.0. The Balaban J connectivity index is 2.36. The van der Waals surface area contributed by atoms with Gasteiger partial charge in [-0.05, 0) is 25.1 Å². The van der Waals surface area contributed by atoms with E-state index in [0.29, 0.717) is 25.2 Å². The molecule has 1 rings (SSSR count). The van der Waals surface area contributed by atoms with Gasteiger partial charge in [0.2, 0.25) is 0 Å². The molecule has 0 bridgehead atoms. The van der Waals surface area contributed by atoms with Crippen LogP contribution in [0.1, 0.15) is 17.3 Å². The Morgan fingerprint density at radius 1 is 1.28 bits per heavy atom. The van der Waals surface area contributed by atoms with Crippen LogP contribution in [0.3, 0.4) is 0 Å². The Morgan fingerprint density at radius 3 is 2.44 bits per heavy atom. The van der Waals surface area contributed by atoms with Gasteiger partial charge in [-0.3, -0.25) is 4.79 Å². The highest BCUT2D eigenvalue weighted by Crippen LogP contribution is 2.19. The molecule has 0 heterocycles. The van der Waals surface area contributed by atoms with Gasteiger partial charge in [0.05, 0.1) is 6.10 Å². The highest BCUT2D eigenvalue weighted by molar-refractivity contribution is 9.11. The largest absolute Gasteiger partial charge is 0.392 e. The SMILES string of the molecule is CC(O)CNCCNC(=O)c1cc(Br)cc(Br)c1. The lowest BCUT2D eigenvalue weighted by Crippen LogP contribution is -2.34. The molecule has 1 atom stereocenters. The van der Waals surface area contributed by atoms with E-state index in [0.717, 1.165) is 8.95 Å². The minimum absolute atomic E-state index is 0.115. The van der Waals surface area contributed by atoms with E-state index in [1.54, 1.807) is 19.1 Å². The van der Waals surface area contributed by atoms with Crippen molar-refractivity contribution in [1.82, 2.24) is 10.6 Å². The minimum Gasteiger partial charge on any atom is -0.392 e. The molecule has 0 saturated carbocycles. The first-order valence-electron chi connectivity index (χ1n) is 5.62. The number of nitrogens with one attached hydrogen (secondary N) is 2. The van der Waals surface area contributed by atoms with Crippen LogP contribution in [0.25, 0.3) is 0 Å². The molecule has 1 aromatic carbocycles. The van der Waals surface area contributed by atoms with Crippen LogP contribution in [0.4, 0.5) is 0 Å². The zero-order valence-corrected chi connectivity index (χ0v) is 13.2. The van der Waals surface area contributed by atoms with E-state index in [-0.39, 0.29) is 12.0 Å². The third-order valence-corrected chi connectivity index (χ3v) is 3.07. The second-order valence-corrected chi connectivity index (χ2v) is 5.80. The number of carbonyl (C=O) groups is 1. The number of aliphatic hydroxyl groups is 1. The summed E-state index contributed by atoms with van der Waals surface area (Å²) < 4.78 is 1.71. The lowest BCUT2D eigenvalue weighted by atomic mass is 10.2. The van der Waals surface area contributed by atoms with Crippen LogP contribution in [0.2, 0.25) is 0 Å². The van der Waals surface area contributed by atoms with Gasteiger partial charge in [-0.2, -0.15) is 0 Å². The predicted octanol–water partition coefficient (Wildman–Crippen LogP) is 1.91. The van der Waals surface area contributed by atoms with Gasteiger partial charge < -0.3 is 15.7 Å². The summed E-state index contributed by atoms with van der Waals surface area (Å²) >= 11 is 6.68. The Hall–Kier alpha value is -0.430. The summed E-state index contributed by atoms with van der Waals surface area (Å²) in [6, 6.07) is 5.41. The Labute approximate surface area is 123 Å². The number of amides is 1. The molecule has 0 fully saturated rings. The molecule has 0 aliphatic heterocycles. The van der Waals surface area contributed by atoms with Crippen molar-refractivity contribution < 1.29 is 9.90 Å². The molecule has 0 aliphatic rings. The molecule has 0 radical (unpaired) electrons. The van der Waals surface area contributed by atoms with Crippen molar-refractivity contribution in [3.05, 3.63) is 32.7 Å². The van der Waals surface area contributed by atoms with Crippen LogP contribution in [0.15, 0.2) is 27.1 Å². The van der Waals surface area contributed by atoms with E-state index in [1.807, 2.05) is 6.07 Å². The van der Waals surface area contributed by atoms with Crippen LogP contribution in [0, 0.1) is 0 Å². The second kappa shape index (κ2) is 7.89. The summed E-state index contributed by atoms with van der Waals surface area (Å²) in [7, 11) is 0. The number of carbonyl (C=O) groups excluding carboxylic acids is 1. The minimum atomic E-state index is -0.373. The molecule has 0 spiro atoms. The molecule has 100 valence electrons. The lowest BCUT2D eigenvalue weighted by molar-refractivity contribution is 0.0953. The Kier molecular flexibility index (Phi) is 6.85. The van der Waals surface area contributed by atoms with Gasteiger partial charge in [0, 0.05) is 34.1 Å². The van der Waals surface area contributed by atoms with Crippen LogP contribution in [-0.4, -0.2) is 36.8 Å². The van der Waals surface area contributed by atoms with Crippen molar-refractivity contribution in [3.63, 3.8) is 0 Å². The van der Waals surface area contributed by atoms with Gasteiger partial charge in [0.25, 0.3) is 5.91 Å². The number of hydrogen-bond donors (Lipinski definition) is 3. The molecule has 4 nitrogen and oxygen atoms in total. The van der Waals surface area contributed by atoms with Crippen molar-refractivity contribution in [2.75, 3.05) is 19.6 Å². The molecular weight excluding hydrogens is 364 g/mol. The van der Waals surface area contributed by atoms with Crippen LogP contribution >= 0.6 is 31.9 Å². The summed E-state index contributed by atoms with van der Waals surface area (Å²) in [6.07, 6.45) is -0.373. The standard InChI is InChI=1S/C12H16Br2N2O2/c1-8(17)7-15-2-3-16-12(18)9-4-10(13)6-11(14)5-9/h4-6,8,15,17H,2-3,7H2,1H3,(H,16,18). The molecule has 3 N–H and O–H groups in total. The van der Waals surface area contributed by atoms with Crippen molar-refractivity contribution in [3.8, 4) is 0 Å². The molecule has 18 heavy (non-hydrogen) atoms. The summed E-state index contributed by atoms with van der Waals surface area (Å²) in [5, 5.41) is 14.9. The number of rotatable bonds is 6. The summed E-state index contributed by atoms with van der Waals surface area (Å²) in [6.45, 7) is 3.39. The number of aliphatic hydroxyl groups excluding tert-OH is 1. The maximum absolute atomic E-state index is 11.8. The monoisotopic (exact) mass is 378 g/mol. The molecule has 1 unspecified atom stereocenters. The Bertz CT molecular complexity index is 391. The third kappa shape index (κ3) is 5.95. The second-order valence-electron chi connectivity index (χ2n) is 3.97. The third-order valence-electron chi connectivity index (χ3n) is 2.15. The van der Waals surface area contributed by atoms with E-state index >= 15 is 0 Å². The highest BCUT2D eigenvalue weighted by Gasteiger charge is 2.06. The number of halogens is 2. The maximum atomic E-state index is 11.8. The van der Waals surface area contributed by atoms with E-state index in [1.165, 1.54) is 0 Å². The average Bonchev–Trinajstić information content (AvgIpc) is 2.26. The topological polar surface area (TPSA) is 61.4 Å². The zero-order chi connectivity index (χ0) is 13.5. The van der Waals surface area contributed by atoms with Gasteiger partial charge >= 0.3 is 0 Å². The van der Waals surface area contributed by atoms with Crippen molar-refractivity contribution in [2.24, 2.45) is 0 Å². The quantitative estimate of drug-likeness (QED) is 0.661. The normalized spacial score (nSPS) is 12.2. The number of hydrogen-bond acceptors (Lipinski definition) is 3. The maximum Gasteiger partial charge on any atom is 0.251 e. The van der Waals surface area contributed by atoms with Gasteiger partial charge in [-0.1, -0.05) is 31.9 Å². The first kappa shape index (κ1) is 15.6. The van der Waals surface area contributed by atoms with Gasteiger partial charge in [-0.25, -0.2) is 0 Å². The van der Waals surface area contributed by atoms with Crippen molar-refractivity contribution in [1.29, 1.82) is 0 Å². The first-order valence-corrected chi connectivity index (χ1v) is 7.20. The fourth-order valence-corrected chi connectivity index (χ4v) is 2.66. The van der Waals surface area contributed by atoms with Crippen LogP contribution in [-0.2, 0) is 0 Å². The van der Waals surface area contributed by atoms with E-state index in [9.17, 15) is 4.79 Å². The van der Waals surface area contributed by atoms with Gasteiger partial charge in [-0.15, -0.1) is 0 Å². The first-order chi connectivity index (χ1) is 8.49. The van der Waals surface area contributed by atoms with E-state index in [4.69, 9.17) is 5.11 Å². The van der Waals surface area contributed by atoms with E-state index in [2.05, 4.69) is 42.5 Å². The van der Waals surface area contributed by atoms with Gasteiger partial charge in [0.15, 0.2) is 0 Å². The fourth-order valence-electron chi connectivity index (χ4n) is 1.36. The average molecular weight is 380 g/mol. The molecule has 0 aromatic heterocycles. The Morgan fingerprint density at radius 2 is 1.89 bits per heavy atom. The molecule has 1 amide bonds. The van der Waals surface area contributed by atoms with Crippen LogP contribution in [0.5, 0.6) is 0 Å².